The van der Waals surface area contributed by atoms with Gasteiger partial charge in [0.1, 0.15) is 0 Å². The Kier molecular flexibility index (Phi) is 11.0. The lowest BCUT2D eigenvalue weighted by Gasteiger charge is -2.44. The van der Waals surface area contributed by atoms with Crippen LogP contribution >= 0.6 is 0 Å². The fraction of sp³-hybridized carbons (Fsp3) is 0.432. The quantitative estimate of drug-likeness (QED) is 0.192. The van der Waals surface area contributed by atoms with Gasteiger partial charge in [0.05, 0.1) is 0 Å². The first-order chi connectivity index (χ1) is 34.7. The number of hydrogen-bond acceptors (Lipinski definition) is 0. The van der Waals surface area contributed by atoms with Gasteiger partial charge in [0.25, 0.3) is 0 Å². The topological polar surface area (TPSA) is 0 Å². The standard InChI is InChI=1S/C74H84/c1-69(2,3)47-28-31-54-63(37-47)73(13,14)65-39-49(71(7,8)9)35-61(67(54)65)58-42-60-56-34-46(45-26-25-43-21-17-18-22-44(43)33-45)27-30-53(56)59(41-57(60)51-23-19-20-24-52(51)58)62-36-50(72(10,11)12)40-66-68(62)55-32-29-48(70(4,5)6)38-64(55)74(66,15)16/h17,19-21,24,27-38,40-42,51,57,60,65H,18,22-23,25-26,39H2,1-16H3. The van der Waals surface area contributed by atoms with Gasteiger partial charge in [-0.05, 0) is 206 Å². The van der Waals surface area contributed by atoms with Gasteiger partial charge in [-0.3, -0.25) is 0 Å². The minimum absolute atomic E-state index is 0.00439. The van der Waals surface area contributed by atoms with E-state index in [9.17, 15) is 0 Å². The van der Waals surface area contributed by atoms with E-state index in [1.807, 2.05) is 0 Å². The molecular formula is C74H84. The molecule has 0 spiro atoms. The molecule has 0 heteroatoms. The van der Waals surface area contributed by atoms with E-state index in [4.69, 9.17) is 0 Å². The molecule has 4 atom stereocenters. The normalized spacial score (nSPS) is 24.3. The highest BCUT2D eigenvalue weighted by atomic mass is 14.5. The maximum Gasteiger partial charge on any atom is 0.0159 e. The third-order valence-corrected chi connectivity index (χ3v) is 19.7. The maximum absolute atomic E-state index is 2.81. The fourth-order valence-electron chi connectivity index (χ4n) is 14.9. The monoisotopic (exact) mass is 973 g/mol. The summed E-state index contributed by atoms with van der Waals surface area (Å²) >= 11 is 0. The molecule has 74 heavy (non-hydrogen) atoms. The minimum Gasteiger partial charge on any atom is -0.0839 e. The molecule has 4 unspecified atom stereocenters. The lowest BCUT2D eigenvalue weighted by atomic mass is 9.59. The fourth-order valence-corrected chi connectivity index (χ4v) is 14.9. The van der Waals surface area contributed by atoms with Crippen LogP contribution in [0.4, 0.5) is 0 Å². The second-order valence-corrected chi connectivity index (χ2v) is 29.2. The van der Waals surface area contributed by atoms with Crippen molar-refractivity contribution in [2.45, 2.75) is 182 Å². The first-order valence-corrected chi connectivity index (χ1v) is 28.7. The van der Waals surface area contributed by atoms with Crippen LogP contribution in [0.3, 0.4) is 0 Å². The summed E-state index contributed by atoms with van der Waals surface area (Å²) in [6.45, 7) is 38.9. The zero-order valence-electron chi connectivity index (χ0n) is 48.1. The molecule has 0 N–H and O–H groups in total. The van der Waals surface area contributed by atoms with Crippen molar-refractivity contribution in [1.29, 1.82) is 0 Å². The van der Waals surface area contributed by atoms with Crippen molar-refractivity contribution >= 4 is 16.7 Å². The molecule has 0 heterocycles. The predicted molar refractivity (Wildman–Crippen MR) is 318 cm³/mol. The molecule has 8 aliphatic rings. The van der Waals surface area contributed by atoms with Gasteiger partial charge in [-0.2, -0.15) is 0 Å². The van der Waals surface area contributed by atoms with Gasteiger partial charge in [0.2, 0.25) is 0 Å². The molecule has 8 aliphatic carbocycles. The van der Waals surface area contributed by atoms with E-state index in [2.05, 4.69) is 232 Å². The molecule has 0 amide bonds. The zero-order valence-corrected chi connectivity index (χ0v) is 48.1. The summed E-state index contributed by atoms with van der Waals surface area (Å²) in [6.07, 6.45) is 29.7. The Balaban J connectivity index is 1.13. The number of benzene rings is 4. The van der Waals surface area contributed by atoms with Gasteiger partial charge >= 0.3 is 0 Å². The summed E-state index contributed by atoms with van der Waals surface area (Å²) in [6, 6.07) is 28.0. The summed E-state index contributed by atoms with van der Waals surface area (Å²) in [5.41, 5.74) is 32.6. The molecule has 0 saturated carbocycles. The van der Waals surface area contributed by atoms with Crippen LogP contribution in [-0.4, -0.2) is 0 Å². The molecular weight excluding hydrogens is 889 g/mol. The highest BCUT2D eigenvalue weighted by Crippen LogP contribution is 2.63. The Hall–Kier alpha value is -5.46. The van der Waals surface area contributed by atoms with E-state index >= 15 is 0 Å². The van der Waals surface area contributed by atoms with E-state index in [1.54, 1.807) is 22.3 Å². The first-order valence-electron chi connectivity index (χ1n) is 28.7. The number of allylic oxidation sites excluding steroid dienone is 17. The van der Waals surface area contributed by atoms with Gasteiger partial charge in [-0.15, -0.1) is 0 Å². The van der Waals surface area contributed by atoms with Gasteiger partial charge < -0.3 is 0 Å². The van der Waals surface area contributed by atoms with Gasteiger partial charge in [0, 0.05) is 11.3 Å². The highest BCUT2D eigenvalue weighted by Gasteiger charge is 2.50. The third-order valence-electron chi connectivity index (χ3n) is 19.7. The molecule has 0 fully saturated rings. The minimum atomic E-state index is -0.137. The molecule has 4 aromatic carbocycles. The smallest absolute Gasteiger partial charge is 0.0159 e. The van der Waals surface area contributed by atoms with Gasteiger partial charge in [-0.1, -0.05) is 232 Å². The maximum atomic E-state index is 2.81. The lowest BCUT2D eigenvalue weighted by molar-refractivity contribution is 0.370. The van der Waals surface area contributed by atoms with Crippen LogP contribution in [-0.2, 0) is 27.1 Å². The Morgan fingerprint density at radius 2 is 1.23 bits per heavy atom. The van der Waals surface area contributed by atoms with Crippen molar-refractivity contribution in [2.24, 2.45) is 23.2 Å². The van der Waals surface area contributed by atoms with Crippen molar-refractivity contribution in [1.82, 2.24) is 0 Å². The zero-order chi connectivity index (χ0) is 52.4. The van der Waals surface area contributed by atoms with Crippen LogP contribution < -0.4 is 0 Å². The van der Waals surface area contributed by atoms with Crippen molar-refractivity contribution in [3.05, 3.63) is 216 Å². The second-order valence-electron chi connectivity index (χ2n) is 29.2. The summed E-state index contributed by atoms with van der Waals surface area (Å²) in [5.74, 6) is 1.28. The van der Waals surface area contributed by atoms with Crippen LogP contribution in [0.5, 0.6) is 0 Å². The lowest BCUT2D eigenvalue weighted by Crippen LogP contribution is -2.32. The molecule has 0 saturated heterocycles. The Morgan fingerprint density at radius 1 is 0.554 bits per heavy atom. The van der Waals surface area contributed by atoms with E-state index in [-0.39, 0.29) is 38.4 Å². The SMILES string of the molecule is CC(C)(C)C1=CC(C2=CC3c4cc(C5=CC6=C(C=CCC6)CC5)ccc4C(c4cc(C(C)(C)C)cc5c4-c4ccc(C(C)(C)C)cc4C5(C)C)=CC3C3CC=CC=C23)=C2c3ccc(C(C)(C)C)cc3C(C)(C)C2C1. The highest BCUT2D eigenvalue weighted by molar-refractivity contribution is 5.97. The molecule has 4 aromatic rings. The van der Waals surface area contributed by atoms with E-state index in [1.165, 1.54) is 100 Å². The molecule has 0 aliphatic heterocycles. The summed E-state index contributed by atoms with van der Waals surface area (Å²) in [4.78, 5) is 0. The third kappa shape index (κ3) is 7.71. The molecule has 0 radical (unpaired) electrons. The van der Waals surface area contributed by atoms with Crippen LogP contribution in [0.2, 0.25) is 0 Å². The summed E-state index contributed by atoms with van der Waals surface area (Å²) in [7, 11) is 0. The summed E-state index contributed by atoms with van der Waals surface area (Å²) < 4.78 is 0. The predicted octanol–water partition coefficient (Wildman–Crippen LogP) is 20.0. The van der Waals surface area contributed by atoms with Crippen LogP contribution in [0.25, 0.3) is 27.8 Å². The van der Waals surface area contributed by atoms with Crippen molar-refractivity contribution in [3.8, 4) is 11.1 Å². The van der Waals surface area contributed by atoms with Crippen LogP contribution in [0.1, 0.15) is 216 Å². The van der Waals surface area contributed by atoms with E-state index in [0.29, 0.717) is 17.8 Å². The van der Waals surface area contributed by atoms with Gasteiger partial charge in [-0.25, -0.2) is 0 Å². The Morgan fingerprint density at radius 3 is 1.93 bits per heavy atom. The van der Waals surface area contributed by atoms with Crippen molar-refractivity contribution in [2.75, 3.05) is 0 Å². The van der Waals surface area contributed by atoms with Crippen molar-refractivity contribution in [3.63, 3.8) is 0 Å². The molecule has 12 rings (SSSR count). The van der Waals surface area contributed by atoms with Crippen LogP contribution in [0.15, 0.2) is 155 Å². The van der Waals surface area contributed by atoms with E-state index in [0.717, 1.165) is 38.5 Å². The molecule has 380 valence electrons. The van der Waals surface area contributed by atoms with Crippen LogP contribution in [0, 0.1) is 23.2 Å². The summed E-state index contributed by atoms with van der Waals surface area (Å²) in [5, 5.41) is 0. The molecule has 0 nitrogen and oxygen atoms in total. The average molecular weight is 973 g/mol. The van der Waals surface area contributed by atoms with Gasteiger partial charge in [0.15, 0.2) is 0 Å². The number of rotatable bonds is 3. The number of fused-ring (bicyclic) bond motifs is 11. The van der Waals surface area contributed by atoms with Crippen molar-refractivity contribution < 1.29 is 0 Å². The second kappa shape index (κ2) is 16.5. The molecule has 0 bridgehead atoms. The Bertz CT molecular complexity index is 3400. The number of hydrogen-bond donors (Lipinski definition) is 0. The molecule has 0 aromatic heterocycles. The first kappa shape index (κ1) is 49.4. The Labute approximate surface area is 447 Å². The largest absolute Gasteiger partial charge is 0.0839 e. The average Bonchev–Trinajstić information content (AvgIpc) is 3.76. The van der Waals surface area contributed by atoms with E-state index < -0.39 is 0 Å².